The summed E-state index contributed by atoms with van der Waals surface area (Å²) in [6.45, 7) is 0. The van der Waals surface area contributed by atoms with Gasteiger partial charge >= 0.3 is 0 Å². The van der Waals surface area contributed by atoms with Gasteiger partial charge in [0.1, 0.15) is 5.75 Å². The SMILES string of the molecule is COc1ccc(CCC2=CC(=O)CCC2)cc1. The van der Waals surface area contributed by atoms with Crippen LogP contribution >= 0.6 is 0 Å². The van der Waals surface area contributed by atoms with Crippen LogP contribution in [-0.2, 0) is 11.2 Å². The van der Waals surface area contributed by atoms with Crippen molar-refractivity contribution in [3.63, 3.8) is 0 Å². The number of carbonyl (C=O) groups is 1. The van der Waals surface area contributed by atoms with Crippen LogP contribution in [0.25, 0.3) is 0 Å². The Morgan fingerprint density at radius 1 is 1.12 bits per heavy atom. The number of hydrogen-bond donors (Lipinski definition) is 0. The first-order chi connectivity index (χ1) is 8.28. The summed E-state index contributed by atoms with van der Waals surface area (Å²) in [5.74, 6) is 1.18. The van der Waals surface area contributed by atoms with Crippen molar-refractivity contribution in [1.82, 2.24) is 0 Å². The van der Waals surface area contributed by atoms with E-state index in [4.69, 9.17) is 4.74 Å². The smallest absolute Gasteiger partial charge is 0.155 e. The Morgan fingerprint density at radius 2 is 1.88 bits per heavy atom. The van der Waals surface area contributed by atoms with E-state index in [-0.39, 0.29) is 0 Å². The second kappa shape index (κ2) is 5.67. The number of hydrogen-bond acceptors (Lipinski definition) is 2. The molecule has 0 amide bonds. The van der Waals surface area contributed by atoms with Gasteiger partial charge in [-0.15, -0.1) is 0 Å². The van der Waals surface area contributed by atoms with Crippen LogP contribution in [0.5, 0.6) is 5.75 Å². The first kappa shape index (κ1) is 11.9. The van der Waals surface area contributed by atoms with Crippen LogP contribution in [0.2, 0.25) is 0 Å². The van der Waals surface area contributed by atoms with Gasteiger partial charge in [0.05, 0.1) is 7.11 Å². The first-order valence-electron chi connectivity index (χ1n) is 6.13. The zero-order chi connectivity index (χ0) is 12.1. The molecule has 1 aliphatic carbocycles. The molecular formula is C15H18O2. The molecule has 0 fully saturated rings. The lowest BCUT2D eigenvalue weighted by Gasteiger charge is -2.11. The minimum atomic E-state index is 0.293. The Labute approximate surface area is 102 Å². The Bertz CT molecular complexity index is 415. The standard InChI is InChI=1S/C15H18O2/c1-17-15-9-7-12(8-10-15)5-6-13-3-2-4-14(16)11-13/h7-11H,2-6H2,1H3. The maximum Gasteiger partial charge on any atom is 0.155 e. The molecule has 0 saturated carbocycles. The molecule has 1 aromatic rings. The topological polar surface area (TPSA) is 26.3 Å². The highest BCUT2D eigenvalue weighted by molar-refractivity contribution is 5.91. The predicted octanol–water partition coefficient (Wildman–Crippen LogP) is 3.31. The Kier molecular flexibility index (Phi) is 3.97. The monoisotopic (exact) mass is 230 g/mol. The summed E-state index contributed by atoms with van der Waals surface area (Å²) in [7, 11) is 1.67. The fourth-order valence-corrected chi connectivity index (χ4v) is 2.16. The van der Waals surface area contributed by atoms with E-state index >= 15 is 0 Å². The summed E-state index contributed by atoms with van der Waals surface area (Å²) in [6.07, 6.45) is 6.68. The minimum Gasteiger partial charge on any atom is -0.497 e. The molecule has 0 unspecified atom stereocenters. The largest absolute Gasteiger partial charge is 0.497 e. The number of carbonyl (C=O) groups excluding carboxylic acids is 1. The molecule has 0 radical (unpaired) electrons. The van der Waals surface area contributed by atoms with Crippen molar-refractivity contribution in [3.8, 4) is 5.75 Å². The fourth-order valence-electron chi connectivity index (χ4n) is 2.16. The van der Waals surface area contributed by atoms with Crippen molar-refractivity contribution in [2.45, 2.75) is 32.1 Å². The molecule has 2 heteroatoms. The summed E-state index contributed by atoms with van der Waals surface area (Å²) in [5, 5.41) is 0. The maximum atomic E-state index is 11.3. The predicted molar refractivity (Wildman–Crippen MR) is 68.3 cm³/mol. The van der Waals surface area contributed by atoms with Crippen LogP contribution in [0.3, 0.4) is 0 Å². The molecule has 0 heterocycles. The molecule has 1 aromatic carbocycles. The minimum absolute atomic E-state index is 0.293. The number of ether oxygens (including phenoxy) is 1. The summed E-state index contributed by atoms with van der Waals surface area (Å²) in [4.78, 5) is 11.3. The zero-order valence-corrected chi connectivity index (χ0v) is 10.2. The number of ketones is 1. The van der Waals surface area contributed by atoms with E-state index < -0.39 is 0 Å². The van der Waals surface area contributed by atoms with Gasteiger partial charge in [-0.2, -0.15) is 0 Å². The lowest BCUT2D eigenvalue weighted by Crippen LogP contribution is -2.03. The van der Waals surface area contributed by atoms with Crippen LogP contribution in [0, 0.1) is 0 Å². The third kappa shape index (κ3) is 3.45. The Balaban J connectivity index is 1.90. The van der Waals surface area contributed by atoms with Crippen molar-refractivity contribution in [1.29, 1.82) is 0 Å². The van der Waals surface area contributed by atoms with Crippen LogP contribution < -0.4 is 4.74 Å². The molecule has 1 aliphatic rings. The maximum absolute atomic E-state index is 11.3. The molecule has 0 aliphatic heterocycles. The first-order valence-corrected chi connectivity index (χ1v) is 6.13. The number of methoxy groups -OCH3 is 1. The molecule has 0 spiro atoms. The molecule has 0 N–H and O–H groups in total. The van der Waals surface area contributed by atoms with E-state index in [0.29, 0.717) is 5.78 Å². The number of benzene rings is 1. The van der Waals surface area contributed by atoms with Gasteiger partial charge < -0.3 is 4.74 Å². The lowest BCUT2D eigenvalue weighted by molar-refractivity contribution is -0.115. The van der Waals surface area contributed by atoms with Gasteiger partial charge in [0.15, 0.2) is 5.78 Å². The molecule has 2 rings (SSSR count). The van der Waals surface area contributed by atoms with Crippen molar-refractivity contribution in [3.05, 3.63) is 41.5 Å². The van der Waals surface area contributed by atoms with E-state index in [0.717, 1.165) is 37.9 Å². The number of allylic oxidation sites excluding steroid dienone is 2. The highest BCUT2D eigenvalue weighted by atomic mass is 16.5. The summed E-state index contributed by atoms with van der Waals surface area (Å²) < 4.78 is 5.12. The molecule has 0 aromatic heterocycles. The van der Waals surface area contributed by atoms with Crippen LogP contribution in [0.4, 0.5) is 0 Å². The second-order valence-corrected chi connectivity index (χ2v) is 4.47. The Hall–Kier alpha value is -1.57. The zero-order valence-electron chi connectivity index (χ0n) is 10.2. The summed E-state index contributed by atoms with van der Waals surface area (Å²) in [6, 6.07) is 8.14. The third-order valence-electron chi connectivity index (χ3n) is 3.18. The average molecular weight is 230 g/mol. The third-order valence-corrected chi connectivity index (χ3v) is 3.18. The number of rotatable bonds is 4. The highest BCUT2D eigenvalue weighted by Crippen LogP contribution is 2.21. The van der Waals surface area contributed by atoms with E-state index in [1.165, 1.54) is 11.1 Å². The van der Waals surface area contributed by atoms with Crippen molar-refractivity contribution in [2.24, 2.45) is 0 Å². The van der Waals surface area contributed by atoms with E-state index in [9.17, 15) is 4.79 Å². The quantitative estimate of drug-likeness (QED) is 0.793. The normalized spacial score (nSPS) is 15.6. The van der Waals surface area contributed by atoms with E-state index in [1.54, 1.807) is 7.11 Å². The fraction of sp³-hybridized carbons (Fsp3) is 0.400. The molecule has 2 nitrogen and oxygen atoms in total. The van der Waals surface area contributed by atoms with Gasteiger partial charge in [0.2, 0.25) is 0 Å². The van der Waals surface area contributed by atoms with Crippen molar-refractivity contribution in [2.75, 3.05) is 7.11 Å². The van der Waals surface area contributed by atoms with Gasteiger partial charge in [-0.3, -0.25) is 4.79 Å². The van der Waals surface area contributed by atoms with Crippen LogP contribution in [-0.4, -0.2) is 12.9 Å². The van der Waals surface area contributed by atoms with Gasteiger partial charge in [-0.1, -0.05) is 17.7 Å². The molecule has 0 bridgehead atoms. The van der Waals surface area contributed by atoms with Crippen molar-refractivity contribution >= 4 is 5.78 Å². The second-order valence-electron chi connectivity index (χ2n) is 4.47. The van der Waals surface area contributed by atoms with E-state index in [1.807, 2.05) is 18.2 Å². The molecule has 17 heavy (non-hydrogen) atoms. The number of aryl methyl sites for hydroxylation is 1. The molecule has 0 atom stereocenters. The van der Waals surface area contributed by atoms with Crippen LogP contribution in [0.1, 0.15) is 31.2 Å². The van der Waals surface area contributed by atoms with Gasteiger partial charge in [0, 0.05) is 6.42 Å². The summed E-state index contributed by atoms with van der Waals surface area (Å²) in [5.41, 5.74) is 2.60. The Morgan fingerprint density at radius 3 is 2.53 bits per heavy atom. The lowest BCUT2D eigenvalue weighted by atomic mass is 9.94. The molecular weight excluding hydrogens is 212 g/mol. The van der Waals surface area contributed by atoms with Gasteiger partial charge in [-0.25, -0.2) is 0 Å². The average Bonchev–Trinajstić information content (AvgIpc) is 2.37. The highest BCUT2D eigenvalue weighted by Gasteiger charge is 2.09. The molecule has 90 valence electrons. The van der Waals surface area contributed by atoms with E-state index in [2.05, 4.69) is 12.1 Å². The molecule has 0 saturated heterocycles. The van der Waals surface area contributed by atoms with Gasteiger partial charge in [-0.05, 0) is 49.5 Å². The van der Waals surface area contributed by atoms with Crippen LogP contribution in [0.15, 0.2) is 35.9 Å². The summed E-state index contributed by atoms with van der Waals surface area (Å²) >= 11 is 0. The van der Waals surface area contributed by atoms with Gasteiger partial charge in [0.25, 0.3) is 0 Å². The van der Waals surface area contributed by atoms with Crippen molar-refractivity contribution < 1.29 is 9.53 Å².